The van der Waals surface area contributed by atoms with Gasteiger partial charge in [-0.3, -0.25) is 14.9 Å². The van der Waals surface area contributed by atoms with Gasteiger partial charge >= 0.3 is 0 Å². The van der Waals surface area contributed by atoms with Crippen LogP contribution in [0.15, 0.2) is 35.4 Å². The van der Waals surface area contributed by atoms with Crippen LogP contribution in [0.25, 0.3) is 0 Å². The number of amides is 1. The number of nitro groups is 1. The van der Waals surface area contributed by atoms with Gasteiger partial charge in [-0.15, -0.1) is 11.8 Å². The van der Waals surface area contributed by atoms with Gasteiger partial charge < -0.3 is 5.32 Å². The Morgan fingerprint density at radius 1 is 1.36 bits per heavy atom. The number of carbonyl (C=O) groups is 1. The summed E-state index contributed by atoms with van der Waals surface area (Å²) >= 11 is 1.37. The minimum absolute atomic E-state index is 0.0676. The van der Waals surface area contributed by atoms with Crippen molar-refractivity contribution in [2.75, 3.05) is 11.1 Å². The summed E-state index contributed by atoms with van der Waals surface area (Å²) in [6.07, 6.45) is 3.18. The van der Waals surface area contributed by atoms with E-state index in [9.17, 15) is 20.2 Å². The van der Waals surface area contributed by atoms with Crippen LogP contribution in [0.1, 0.15) is 43.0 Å². The Kier molecular flexibility index (Phi) is 7.96. The van der Waals surface area contributed by atoms with E-state index >= 15 is 0 Å². The number of anilines is 1. The van der Waals surface area contributed by atoms with E-state index in [1.165, 1.54) is 23.9 Å². The second kappa shape index (κ2) is 10.4. The number of hydrogen-bond acceptors (Lipinski definition) is 6. The van der Waals surface area contributed by atoms with Gasteiger partial charge in [-0.2, -0.15) is 5.26 Å². The lowest BCUT2D eigenvalue weighted by molar-refractivity contribution is -0.384. The maximum absolute atomic E-state index is 12.2. The molecule has 1 heterocycles. The van der Waals surface area contributed by atoms with E-state index in [1.54, 1.807) is 19.1 Å². The molecule has 0 atom stereocenters. The number of non-ortho nitro benzene ring substituents is 1. The Bertz CT molecular complexity index is 909. The fourth-order valence-corrected chi connectivity index (χ4v) is 3.41. The molecule has 0 spiro atoms. The largest absolute Gasteiger partial charge is 0.326 e. The van der Waals surface area contributed by atoms with Crippen molar-refractivity contribution in [3.8, 4) is 6.07 Å². The summed E-state index contributed by atoms with van der Waals surface area (Å²) in [5, 5.41) is 23.5. The van der Waals surface area contributed by atoms with Gasteiger partial charge in [-0.1, -0.05) is 19.4 Å². The molecule has 0 aliphatic heterocycles. The SMILES string of the molecule is CCCCc1ccc(C#N)c(SCCC(=O)Nc2cc([N+](=O)[O-])ccc2C)n1. The van der Waals surface area contributed by atoms with Gasteiger partial charge in [0.2, 0.25) is 5.91 Å². The highest BCUT2D eigenvalue weighted by atomic mass is 32.2. The lowest BCUT2D eigenvalue weighted by Crippen LogP contribution is -2.13. The molecule has 0 saturated heterocycles. The summed E-state index contributed by atoms with van der Waals surface area (Å²) in [6, 6.07) is 10.1. The first-order valence-electron chi connectivity index (χ1n) is 9.02. The van der Waals surface area contributed by atoms with Crippen LogP contribution in [0.3, 0.4) is 0 Å². The van der Waals surface area contributed by atoms with Crippen LogP contribution in [-0.2, 0) is 11.2 Å². The summed E-state index contributed by atoms with van der Waals surface area (Å²) in [5.41, 5.74) is 2.56. The highest BCUT2D eigenvalue weighted by molar-refractivity contribution is 7.99. The number of nitrogens with zero attached hydrogens (tertiary/aromatic N) is 3. The Labute approximate surface area is 168 Å². The van der Waals surface area contributed by atoms with Crippen LogP contribution < -0.4 is 5.32 Å². The van der Waals surface area contributed by atoms with Gasteiger partial charge in [0.15, 0.2) is 0 Å². The van der Waals surface area contributed by atoms with Crippen molar-refractivity contribution in [2.45, 2.75) is 44.6 Å². The van der Waals surface area contributed by atoms with Crippen LogP contribution in [0.4, 0.5) is 11.4 Å². The van der Waals surface area contributed by atoms with Gasteiger partial charge in [0.1, 0.15) is 11.1 Å². The summed E-state index contributed by atoms with van der Waals surface area (Å²) < 4.78 is 0. The zero-order valence-corrected chi connectivity index (χ0v) is 16.7. The number of aryl methyl sites for hydroxylation is 2. The van der Waals surface area contributed by atoms with Crippen molar-refractivity contribution < 1.29 is 9.72 Å². The molecule has 2 rings (SSSR count). The maximum atomic E-state index is 12.2. The topological polar surface area (TPSA) is 109 Å². The first-order valence-corrected chi connectivity index (χ1v) is 10.0. The van der Waals surface area contributed by atoms with Gasteiger partial charge in [0, 0.05) is 30.0 Å². The lowest BCUT2D eigenvalue weighted by Gasteiger charge is -2.09. The van der Waals surface area contributed by atoms with Crippen molar-refractivity contribution in [3.63, 3.8) is 0 Å². The van der Waals surface area contributed by atoms with E-state index in [0.717, 1.165) is 30.5 Å². The second-order valence-corrected chi connectivity index (χ2v) is 7.36. The molecule has 0 aliphatic rings. The number of nitrogens with one attached hydrogen (secondary N) is 1. The van der Waals surface area contributed by atoms with Crippen LogP contribution >= 0.6 is 11.8 Å². The summed E-state index contributed by atoms with van der Waals surface area (Å²) in [4.78, 5) is 27.2. The molecule has 28 heavy (non-hydrogen) atoms. The monoisotopic (exact) mass is 398 g/mol. The number of carbonyl (C=O) groups excluding carboxylic acids is 1. The van der Waals surface area contributed by atoms with E-state index in [4.69, 9.17) is 0 Å². The van der Waals surface area contributed by atoms with Crippen molar-refractivity contribution in [1.29, 1.82) is 5.26 Å². The number of thioether (sulfide) groups is 1. The van der Waals surface area contributed by atoms with E-state index in [2.05, 4.69) is 23.3 Å². The Balaban J connectivity index is 1.96. The third-order valence-corrected chi connectivity index (χ3v) is 5.09. The fraction of sp³-hybridized carbons (Fsp3) is 0.350. The summed E-state index contributed by atoms with van der Waals surface area (Å²) in [5.74, 6) is 0.218. The van der Waals surface area contributed by atoms with E-state index in [1.807, 2.05) is 6.07 Å². The molecule has 1 N–H and O–H groups in total. The Hall–Kier alpha value is -2.92. The zero-order valence-electron chi connectivity index (χ0n) is 15.9. The Morgan fingerprint density at radius 3 is 2.82 bits per heavy atom. The quantitative estimate of drug-likeness (QED) is 0.374. The van der Waals surface area contributed by atoms with Gasteiger partial charge in [0.25, 0.3) is 5.69 Å². The molecule has 0 fully saturated rings. The standard InChI is InChI=1S/C20H22N4O3S/c1-3-4-5-16-8-7-15(13-21)20(22-16)28-11-10-19(25)23-18-12-17(24(26)27)9-6-14(18)2/h6-9,12H,3-5,10-11H2,1-2H3,(H,23,25). The third kappa shape index (κ3) is 6.06. The van der Waals surface area contributed by atoms with Crippen molar-refractivity contribution in [3.05, 3.63) is 57.3 Å². The second-order valence-electron chi connectivity index (χ2n) is 6.27. The predicted molar refractivity (Wildman–Crippen MR) is 109 cm³/mol. The maximum Gasteiger partial charge on any atom is 0.271 e. The molecule has 0 saturated carbocycles. The minimum Gasteiger partial charge on any atom is -0.326 e. The van der Waals surface area contributed by atoms with Crippen molar-refractivity contribution in [2.24, 2.45) is 0 Å². The van der Waals surface area contributed by atoms with E-state index in [0.29, 0.717) is 22.0 Å². The number of aromatic nitrogens is 1. The van der Waals surface area contributed by atoms with Crippen LogP contribution in [0, 0.1) is 28.4 Å². The zero-order chi connectivity index (χ0) is 20.5. The number of nitriles is 1. The Morgan fingerprint density at radius 2 is 2.14 bits per heavy atom. The molecule has 2 aromatic rings. The highest BCUT2D eigenvalue weighted by Gasteiger charge is 2.12. The summed E-state index contributed by atoms with van der Waals surface area (Å²) in [6.45, 7) is 3.89. The number of pyridine rings is 1. The molecular formula is C20H22N4O3S. The molecule has 1 aromatic heterocycles. The molecular weight excluding hydrogens is 376 g/mol. The highest BCUT2D eigenvalue weighted by Crippen LogP contribution is 2.24. The summed E-state index contributed by atoms with van der Waals surface area (Å²) in [7, 11) is 0. The van der Waals surface area contributed by atoms with Crippen LogP contribution in [0.2, 0.25) is 0 Å². The number of nitro benzene ring substituents is 1. The fourth-order valence-electron chi connectivity index (χ4n) is 2.48. The lowest BCUT2D eigenvalue weighted by atomic mass is 10.2. The van der Waals surface area contributed by atoms with Crippen molar-refractivity contribution >= 4 is 29.0 Å². The number of hydrogen-bond donors (Lipinski definition) is 1. The first-order chi connectivity index (χ1) is 13.4. The van der Waals surface area contributed by atoms with Gasteiger partial charge in [0.05, 0.1) is 16.2 Å². The molecule has 0 radical (unpaired) electrons. The number of benzene rings is 1. The molecule has 7 nitrogen and oxygen atoms in total. The number of unbranched alkanes of at least 4 members (excludes halogenated alkanes) is 1. The minimum atomic E-state index is -0.494. The molecule has 146 valence electrons. The molecule has 1 amide bonds. The van der Waals surface area contributed by atoms with Crippen molar-refractivity contribution in [1.82, 2.24) is 4.98 Å². The van der Waals surface area contributed by atoms with Crippen LogP contribution in [-0.4, -0.2) is 21.6 Å². The molecule has 8 heteroatoms. The first kappa shape index (κ1) is 21.4. The molecule has 1 aromatic carbocycles. The van der Waals surface area contributed by atoms with E-state index in [-0.39, 0.29) is 18.0 Å². The molecule has 0 aliphatic carbocycles. The normalized spacial score (nSPS) is 10.3. The van der Waals surface area contributed by atoms with Gasteiger partial charge in [-0.05, 0) is 37.5 Å². The predicted octanol–water partition coefficient (Wildman–Crippen LogP) is 4.63. The number of rotatable bonds is 9. The average Bonchev–Trinajstić information content (AvgIpc) is 2.68. The smallest absolute Gasteiger partial charge is 0.271 e. The van der Waals surface area contributed by atoms with Crippen LogP contribution in [0.5, 0.6) is 0 Å². The van der Waals surface area contributed by atoms with Gasteiger partial charge in [-0.25, -0.2) is 4.98 Å². The molecule has 0 unspecified atom stereocenters. The molecule has 0 bridgehead atoms. The third-order valence-electron chi connectivity index (χ3n) is 4.10. The van der Waals surface area contributed by atoms with E-state index < -0.39 is 4.92 Å². The average molecular weight is 398 g/mol.